The van der Waals surface area contributed by atoms with Gasteiger partial charge in [0.2, 0.25) is 0 Å². The molecule has 4 atom stereocenters. The predicted octanol–water partition coefficient (Wildman–Crippen LogP) is 6.50. The minimum Gasteiger partial charge on any atom is -0.481 e. The maximum Gasteiger partial charge on any atom is 0.310 e. The first-order chi connectivity index (χ1) is 13.3. The quantitative estimate of drug-likeness (QED) is 0.433. The van der Waals surface area contributed by atoms with Crippen molar-refractivity contribution in [1.29, 1.82) is 0 Å². The highest BCUT2D eigenvalue weighted by atomic mass is 16.4. The number of carboxylic acids is 1. The number of hydrogen-bond donors (Lipinski definition) is 1. The summed E-state index contributed by atoms with van der Waals surface area (Å²) in [4.78, 5) is 24.8. The summed E-state index contributed by atoms with van der Waals surface area (Å²) in [5.41, 5.74) is 3.08. The third-order valence-electron chi connectivity index (χ3n) is 7.07. The van der Waals surface area contributed by atoms with E-state index < -0.39 is 11.4 Å². The summed E-state index contributed by atoms with van der Waals surface area (Å²) in [5, 5.41) is 10.5. The van der Waals surface area contributed by atoms with Crippen molar-refractivity contribution in [3.8, 4) is 0 Å². The maximum absolute atomic E-state index is 12.8. The number of fused-ring (bicyclic) bond motifs is 2. The fourth-order valence-electron chi connectivity index (χ4n) is 5.41. The van der Waals surface area contributed by atoms with Crippen LogP contribution in [-0.2, 0) is 9.59 Å². The van der Waals surface area contributed by atoms with Crippen LogP contribution in [0.25, 0.3) is 0 Å². The van der Waals surface area contributed by atoms with Crippen molar-refractivity contribution in [3.63, 3.8) is 0 Å². The van der Waals surface area contributed by atoms with Crippen LogP contribution in [-0.4, -0.2) is 17.4 Å². The van der Waals surface area contributed by atoms with E-state index in [0.29, 0.717) is 6.42 Å². The zero-order valence-electron chi connectivity index (χ0n) is 18.2. The summed E-state index contributed by atoms with van der Waals surface area (Å²) in [7, 11) is 0. The minimum atomic E-state index is -0.813. The molecule has 3 heteroatoms. The van der Waals surface area contributed by atoms with Crippen molar-refractivity contribution in [2.24, 2.45) is 23.2 Å². The third kappa shape index (κ3) is 5.24. The Morgan fingerprint density at radius 3 is 2.50 bits per heavy atom. The Hall–Kier alpha value is -1.64. The molecule has 0 aromatic heterocycles. The molecule has 0 spiro atoms. The van der Waals surface area contributed by atoms with Crippen LogP contribution in [0, 0.1) is 23.2 Å². The summed E-state index contributed by atoms with van der Waals surface area (Å²) in [6, 6.07) is 0. The normalized spacial score (nSPS) is 35.2. The van der Waals surface area contributed by atoms with Crippen molar-refractivity contribution >= 4 is 12.3 Å². The van der Waals surface area contributed by atoms with Crippen molar-refractivity contribution in [2.75, 3.05) is 0 Å². The van der Waals surface area contributed by atoms with Gasteiger partial charge >= 0.3 is 5.97 Å². The maximum atomic E-state index is 12.8. The van der Waals surface area contributed by atoms with Crippen molar-refractivity contribution in [1.82, 2.24) is 0 Å². The van der Waals surface area contributed by atoms with Gasteiger partial charge in [0.25, 0.3) is 0 Å². The Balaban J connectivity index is 2.51. The lowest BCUT2D eigenvalue weighted by atomic mass is 9.53. The van der Waals surface area contributed by atoms with Crippen molar-refractivity contribution < 1.29 is 14.7 Å². The standard InChI is InChI=1S/C25H38O3/c1-18(2)7-6-16-25(24(27)28)22-13-10-19(3)8-5-9-20(4)11-15-23(25)21(17-26)12-14-22/h7,9-10,17,21-23H,5-6,8,11-16H2,1-4H3,(H,27,28)/b19-10+,20-9+/t21-,22-,23-,25-/m0/s1. The molecule has 2 aliphatic rings. The number of hydrogen-bond acceptors (Lipinski definition) is 2. The highest BCUT2D eigenvalue weighted by Crippen LogP contribution is 2.54. The second kappa shape index (κ2) is 10.2. The molecule has 0 aromatic carbocycles. The molecule has 1 N–H and O–H groups in total. The number of aliphatic carboxylic acids is 1. The van der Waals surface area contributed by atoms with E-state index >= 15 is 0 Å². The van der Waals surface area contributed by atoms with Gasteiger partial charge in [-0.25, -0.2) is 0 Å². The Morgan fingerprint density at radius 2 is 1.86 bits per heavy atom. The Bertz CT molecular complexity index is 651. The topological polar surface area (TPSA) is 54.4 Å². The van der Waals surface area contributed by atoms with Crippen LogP contribution in [0.4, 0.5) is 0 Å². The number of aldehydes is 1. The molecule has 2 aliphatic carbocycles. The third-order valence-corrected chi connectivity index (χ3v) is 7.07. The number of allylic oxidation sites excluding steroid dienone is 6. The molecular weight excluding hydrogens is 348 g/mol. The molecule has 1 saturated carbocycles. The zero-order valence-corrected chi connectivity index (χ0v) is 18.2. The highest BCUT2D eigenvalue weighted by molar-refractivity contribution is 5.77. The fourth-order valence-corrected chi connectivity index (χ4v) is 5.41. The summed E-state index contributed by atoms with van der Waals surface area (Å²) >= 11 is 0. The molecule has 0 heterocycles. The molecule has 0 amide bonds. The lowest BCUT2D eigenvalue weighted by molar-refractivity contribution is -0.165. The average Bonchev–Trinajstić information content (AvgIpc) is 2.63. The molecule has 2 bridgehead atoms. The van der Waals surface area contributed by atoms with Gasteiger partial charge in [-0.3, -0.25) is 4.79 Å². The Labute approximate surface area is 171 Å². The first-order valence-corrected chi connectivity index (χ1v) is 10.9. The van der Waals surface area contributed by atoms with Gasteiger partial charge in [0.1, 0.15) is 6.29 Å². The first-order valence-electron chi connectivity index (χ1n) is 10.9. The van der Waals surface area contributed by atoms with Crippen LogP contribution in [0.3, 0.4) is 0 Å². The van der Waals surface area contributed by atoms with E-state index in [2.05, 4.69) is 45.9 Å². The molecule has 0 saturated heterocycles. The van der Waals surface area contributed by atoms with Gasteiger partial charge in [0.05, 0.1) is 5.41 Å². The molecular formula is C25H38O3. The molecule has 28 heavy (non-hydrogen) atoms. The molecule has 1 fully saturated rings. The second-order valence-electron chi connectivity index (χ2n) is 9.26. The van der Waals surface area contributed by atoms with Gasteiger partial charge in [-0.1, -0.05) is 34.9 Å². The van der Waals surface area contributed by atoms with Crippen LogP contribution in [0.2, 0.25) is 0 Å². The SMILES string of the molecule is CC(C)=CCC[C@]1(C(=O)O)[C@H]2C/C=C(\C)CC/C=C(\C)CC[C@H]1[C@H](C=O)CC2. The fraction of sp³-hybridized carbons (Fsp3) is 0.680. The van der Waals surface area contributed by atoms with Crippen LogP contribution < -0.4 is 0 Å². The number of carboxylic acid groups (broad SMARTS) is 1. The van der Waals surface area contributed by atoms with Gasteiger partial charge in [-0.15, -0.1) is 0 Å². The van der Waals surface area contributed by atoms with Gasteiger partial charge < -0.3 is 9.90 Å². The predicted molar refractivity (Wildman–Crippen MR) is 115 cm³/mol. The van der Waals surface area contributed by atoms with E-state index in [-0.39, 0.29) is 17.8 Å². The molecule has 0 aliphatic heterocycles. The van der Waals surface area contributed by atoms with Gasteiger partial charge in [-0.05, 0) is 97.3 Å². The van der Waals surface area contributed by atoms with Crippen molar-refractivity contribution in [2.45, 2.75) is 85.5 Å². The Kier molecular flexibility index (Phi) is 8.27. The van der Waals surface area contributed by atoms with Gasteiger partial charge in [0, 0.05) is 5.92 Å². The minimum absolute atomic E-state index is 0.0803. The summed E-state index contributed by atoms with van der Waals surface area (Å²) < 4.78 is 0. The molecule has 2 rings (SSSR count). The van der Waals surface area contributed by atoms with Crippen LogP contribution in [0.5, 0.6) is 0 Å². The molecule has 156 valence electrons. The molecule has 0 unspecified atom stereocenters. The number of carbonyl (C=O) groups excluding carboxylic acids is 1. The monoisotopic (exact) mass is 386 g/mol. The van der Waals surface area contributed by atoms with Gasteiger partial charge in [0.15, 0.2) is 0 Å². The largest absolute Gasteiger partial charge is 0.481 e. The lowest BCUT2D eigenvalue weighted by Crippen LogP contribution is -2.51. The molecule has 0 radical (unpaired) electrons. The van der Waals surface area contributed by atoms with E-state index in [1.165, 1.54) is 16.7 Å². The van der Waals surface area contributed by atoms with Crippen LogP contribution in [0.1, 0.15) is 85.5 Å². The van der Waals surface area contributed by atoms with Gasteiger partial charge in [-0.2, -0.15) is 0 Å². The number of rotatable bonds is 5. The Morgan fingerprint density at radius 1 is 1.14 bits per heavy atom. The van der Waals surface area contributed by atoms with E-state index in [9.17, 15) is 14.7 Å². The molecule has 3 nitrogen and oxygen atoms in total. The van der Waals surface area contributed by atoms with Crippen LogP contribution >= 0.6 is 0 Å². The first kappa shape index (κ1) is 22.6. The average molecular weight is 387 g/mol. The summed E-state index contributed by atoms with van der Waals surface area (Å²) in [6.45, 7) is 8.43. The smallest absolute Gasteiger partial charge is 0.310 e. The summed E-state index contributed by atoms with van der Waals surface area (Å²) in [6.07, 6.45) is 15.4. The number of carbonyl (C=O) groups is 2. The van der Waals surface area contributed by atoms with E-state index in [0.717, 1.165) is 57.7 Å². The molecule has 0 aromatic rings. The summed E-state index contributed by atoms with van der Waals surface area (Å²) in [5.74, 6) is -0.806. The van der Waals surface area contributed by atoms with Crippen LogP contribution in [0.15, 0.2) is 34.9 Å². The second-order valence-corrected chi connectivity index (χ2v) is 9.26. The highest BCUT2D eigenvalue weighted by Gasteiger charge is 2.55. The lowest BCUT2D eigenvalue weighted by Gasteiger charge is -2.49. The van der Waals surface area contributed by atoms with Crippen molar-refractivity contribution in [3.05, 3.63) is 34.9 Å². The van der Waals surface area contributed by atoms with E-state index in [1.807, 2.05) is 0 Å². The van der Waals surface area contributed by atoms with E-state index in [1.54, 1.807) is 0 Å². The zero-order chi connectivity index (χ0) is 20.7. The van der Waals surface area contributed by atoms with E-state index in [4.69, 9.17) is 0 Å².